The van der Waals surface area contributed by atoms with Crippen LogP contribution < -0.4 is 5.73 Å². The van der Waals surface area contributed by atoms with E-state index >= 15 is 0 Å². The van der Waals surface area contributed by atoms with Gasteiger partial charge in [-0.1, -0.05) is 0 Å². The van der Waals surface area contributed by atoms with E-state index in [9.17, 15) is 17.6 Å². The molecular weight excluding hydrogens is 214 g/mol. The summed E-state index contributed by atoms with van der Waals surface area (Å²) in [5.74, 6) is -1.41. The van der Waals surface area contributed by atoms with Gasteiger partial charge in [0.15, 0.2) is 0 Å². The highest BCUT2D eigenvalue weighted by Gasteiger charge is 2.37. The highest BCUT2D eigenvalue weighted by Crippen LogP contribution is 2.38. The maximum atomic E-state index is 13.1. The van der Waals surface area contributed by atoms with E-state index < -0.39 is 23.2 Å². The van der Waals surface area contributed by atoms with Crippen molar-refractivity contribution in [3.8, 4) is 0 Å². The van der Waals surface area contributed by atoms with Crippen molar-refractivity contribution in [2.45, 2.75) is 6.18 Å². The van der Waals surface area contributed by atoms with Crippen molar-refractivity contribution in [1.29, 1.82) is 0 Å². The molecule has 0 atom stereocenters. The average molecular weight is 219 g/mol. The number of aromatic nitrogens is 2. The molecule has 1 aromatic carbocycles. The molecule has 0 radical (unpaired) electrons. The lowest BCUT2D eigenvalue weighted by molar-refractivity contribution is -0.139. The summed E-state index contributed by atoms with van der Waals surface area (Å²) >= 11 is 0. The van der Waals surface area contributed by atoms with Crippen LogP contribution in [0.2, 0.25) is 0 Å². The van der Waals surface area contributed by atoms with Gasteiger partial charge in [0, 0.05) is 11.5 Å². The van der Waals surface area contributed by atoms with Gasteiger partial charge in [0.2, 0.25) is 0 Å². The normalized spacial score (nSPS) is 12.3. The highest BCUT2D eigenvalue weighted by atomic mass is 19.4. The summed E-state index contributed by atoms with van der Waals surface area (Å²) in [6.07, 6.45) is -3.68. The van der Waals surface area contributed by atoms with Crippen molar-refractivity contribution in [3.05, 3.63) is 23.6 Å². The number of rotatable bonds is 0. The Bertz CT molecular complexity index is 514. The quantitative estimate of drug-likeness (QED) is 0.527. The monoisotopic (exact) mass is 219 g/mol. The zero-order valence-corrected chi connectivity index (χ0v) is 7.19. The number of halogens is 4. The maximum absolute atomic E-state index is 13.1. The molecule has 80 valence electrons. The van der Waals surface area contributed by atoms with Gasteiger partial charge < -0.3 is 5.73 Å². The number of nitrogens with zero attached hydrogens (tertiary/aromatic N) is 1. The van der Waals surface area contributed by atoms with E-state index in [0.29, 0.717) is 0 Å². The largest absolute Gasteiger partial charge is 0.421 e. The van der Waals surface area contributed by atoms with E-state index in [0.717, 1.165) is 12.3 Å². The number of H-pyrrole nitrogens is 1. The summed E-state index contributed by atoms with van der Waals surface area (Å²) < 4.78 is 50.3. The molecule has 0 spiro atoms. The Morgan fingerprint density at radius 3 is 2.60 bits per heavy atom. The molecule has 2 rings (SSSR count). The number of alkyl halides is 3. The molecule has 0 saturated carbocycles. The zero-order chi connectivity index (χ0) is 11.2. The molecule has 0 aliphatic carbocycles. The van der Waals surface area contributed by atoms with Gasteiger partial charge in [0.1, 0.15) is 11.4 Å². The van der Waals surface area contributed by atoms with Crippen LogP contribution in [0.15, 0.2) is 12.3 Å². The fraction of sp³-hybridized carbons (Fsp3) is 0.125. The Kier molecular flexibility index (Phi) is 1.85. The number of hydrogen-bond acceptors (Lipinski definition) is 2. The molecule has 0 fully saturated rings. The third kappa shape index (κ3) is 1.39. The van der Waals surface area contributed by atoms with Crippen LogP contribution in [0.5, 0.6) is 0 Å². The lowest BCUT2D eigenvalue weighted by atomic mass is 10.1. The van der Waals surface area contributed by atoms with E-state index in [4.69, 9.17) is 5.73 Å². The predicted molar refractivity (Wildman–Crippen MR) is 45.5 cm³/mol. The first-order valence-corrected chi connectivity index (χ1v) is 3.89. The molecule has 15 heavy (non-hydrogen) atoms. The minimum atomic E-state index is -4.81. The minimum absolute atomic E-state index is 0.0590. The second kappa shape index (κ2) is 2.85. The SMILES string of the molecule is Nc1c(C(F)(F)F)c(F)cc2[nH]ncc12. The van der Waals surface area contributed by atoms with Crippen molar-refractivity contribution in [1.82, 2.24) is 10.2 Å². The van der Waals surface area contributed by atoms with Gasteiger partial charge >= 0.3 is 6.18 Å². The van der Waals surface area contributed by atoms with E-state index in [2.05, 4.69) is 10.2 Å². The van der Waals surface area contributed by atoms with Gasteiger partial charge in [0.25, 0.3) is 0 Å². The molecule has 7 heteroatoms. The fourth-order valence-electron chi connectivity index (χ4n) is 1.37. The Hall–Kier alpha value is -1.79. The number of benzene rings is 1. The molecule has 3 N–H and O–H groups in total. The first-order valence-electron chi connectivity index (χ1n) is 3.89. The summed E-state index contributed by atoms with van der Waals surface area (Å²) in [4.78, 5) is 0. The predicted octanol–water partition coefficient (Wildman–Crippen LogP) is 2.30. The summed E-state index contributed by atoms with van der Waals surface area (Å²) in [7, 11) is 0. The molecule has 0 unspecified atom stereocenters. The molecule has 0 aliphatic heterocycles. The second-order valence-electron chi connectivity index (χ2n) is 2.98. The van der Waals surface area contributed by atoms with Gasteiger partial charge in [-0.25, -0.2) is 4.39 Å². The topological polar surface area (TPSA) is 54.7 Å². The van der Waals surface area contributed by atoms with Gasteiger partial charge in [-0.05, 0) is 0 Å². The van der Waals surface area contributed by atoms with E-state index in [1.807, 2.05) is 0 Å². The number of nitrogen functional groups attached to an aromatic ring is 1. The fourth-order valence-corrected chi connectivity index (χ4v) is 1.37. The van der Waals surface area contributed by atoms with E-state index in [-0.39, 0.29) is 10.9 Å². The first kappa shape index (κ1) is 9.75. The van der Waals surface area contributed by atoms with Crippen molar-refractivity contribution >= 4 is 16.6 Å². The minimum Gasteiger partial charge on any atom is -0.398 e. The molecule has 1 heterocycles. The number of anilines is 1. The third-order valence-corrected chi connectivity index (χ3v) is 2.02. The molecule has 3 nitrogen and oxygen atoms in total. The Labute approximate surface area is 80.9 Å². The van der Waals surface area contributed by atoms with Gasteiger partial charge in [-0.15, -0.1) is 0 Å². The molecule has 0 aliphatic rings. The second-order valence-corrected chi connectivity index (χ2v) is 2.98. The van der Waals surface area contributed by atoms with Crippen LogP contribution in [0.25, 0.3) is 10.9 Å². The van der Waals surface area contributed by atoms with Crippen LogP contribution in [0.3, 0.4) is 0 Å². The number of aromatic amines is 1. The smallest absolute Gasteiger partial charge is 0.398 e. The highest BCUT2D eigenvalue weighted by molar-refractivity contribution is 5.91. The Balaban J connectivity index is 2.84. The average Bonchev–Trinajstić information content (AvgIpc) is 2.48. The molecule has 0 saturated heterocycles. The Morgan fingerprint density at radius 1 is 1.33 bits per heavy atom. The molecule has 0 bridgehead atoms. The molecule has 0 amide bonds. The lowest BCUT2D eigenvalue weighted by Gasteiger charge is -2.11. The first-order chi connectivity index (χ1) is 6.91. The van der Waals surface area contributed by atoms with Crippen molar-refractivity contribution in [2.24, 2.45) is 0 Å². The van der Waals surface area contributed by atoms with Crippen molar-refractivity contribution in [3.63, 3.8) is 0 Å². The van der Waals surface area contributed by atoms with Crippen molar-refractivity contribution < 1.29 is 17.6 Å². The van der Waals surface area contributed by atoms with Crippen LogP contribution >= 0.6 is 0 Å². The van der Waals surface area contributed by atoms with Crippen molar-refractivity contribution in [2.75, 3.05) is 5.73 Å². The number of fused-ring (bicyclic) bond motifs is 1. The van der Waals surface area contributed by atoms with E-state index in [1.54, 1.807) is 0 Å². The Morgan fingerprint density at radius 2 is 2.00 bits per heavy atom. The number of nitrogens with one attached hydrogen (secondary N) is 1. The van der Waals surface area contributed by atoms with Crippen LogP contribution in [0, 0.1) is 5.82 Å². The summed E-state index contributed by atoms with van der Waals surface area (Å²) in [5, 5.41) is 5.89. The summed E-state index contributed by atoms with van der Waals surface area (Å²) in [6.45, 7) is 0. The van der Waals surface area contributed by atoms with E-state index in [1.165, 1.54) is 0 Å². The molecular formula is C8H5F4N3. The lowest BCUT2D eigenvalue weighted by Crippen LogP contribution is -2.12. The van der Waals surface area contributed by atoms with Gasteiger partial charge in [0.05, 0.1) is 17.4 Å². The third-order valence-electron chi connectivity index (χ3n) is 2.02. The van der Waals surface area contributed by atoms with Crippen LogP contribution in [-0.4, -0.2) is 10.2 Å². The standard InChI is InChI=1S/C8H5F4N3/c9-4-1-5-3(2-14-15-5)7(13)6(4)8(10,11)12/h1-2H,13H2,(H,14,15). The van der Waals surface area contributed by atoms with Gasteiger partial charge in [-0.3, -0.25) is 5.10 Å². The van der Waals surface area contributed by atoms with Crippen LogP contribution in [-0.2, 0) is 6.18 Å². The summed E-state index contributed by atoms with van der Waals surface area (Å²) in [5.41, 5.74) is 3.27. The maximum Gasteiger partial charge on any atom is 0.421 e. The van der Waals surface area contributed by atoms with Gasteiger partial charge in [-0.2, -0.15) is 18.3 Å². The van der Waals surface area contributed by atoms with Crippen LogP contribution in [0.1, 0.15) is 5.56 Å². The summed E-state index contributed by atoms with van der Waals surface area (Å²) in [6, 6.07) is 0.724. The number of nitrogens with two attached hydrogens (primary N) is 1. The number of hydrogen-bond donors (Lipinski definition) is 2. The zero-order valence-electron chi connectivity index (χ0n) is 7.19. The molecule has 2 aromatic rings. The van der Waals surface area contributed by atoms with Crippen LogP contribution in [0.4, 0.5) is 23.2 Å². The molecule has 1 aromatic heterocycles.